The first-order chi connectivity index (χ1) is 11.8. The molecule has 0 saturated heterocycles. The Bertz CT molecular complexity index is 451. The van der Waals surface area contributed by atoms with Gasteiger partial charge in [-0.1, -0.05) is 31.8 Å². The van der Waals surface area contributed by atoms with Crippen LogP contribution in [0, 0.1) is 0 Å². The molecule has 1 aliphatic heterocycles. The van der Waals surface area contributed by atoms with Gasteiger partial charge in [0.25, 0.3) is 0 Å². The zero-order valence-corrected chi connectivity index (χ0v) is 16.4. The lowest BCUT2D eigenvalue weighted by atomic mass is 10.1. The maximum absolute atomic E-state index is 11.9. The maximum Gasteiger partial charge on any atom is 0.333 e. The molecule has 0 aromatic rings. The summed E-state index contributed by atoms with van der Waals surface area (Å²) in [7, 11) is 2.05. The second-order valence-electron chi connectivity index (χ2n) is 7.84. The van der Waals surface area contributed by atoms with Crippen LogP contribution in [0.2, 0.25) is 0 Å². The van der Waals surface area contributed by atoms with Crippen LogP contribution in [-0.2, 0) is 19.1 Å². The lowest BCUT2D eigenvalue weighted by Gasteiger charge is -2.20. The number of hydrogen-bond acceptors (Lipinski definition) is 5. The van der Waals surface area contributed by atoms with Crippen LogP contribution in [0.1, 0.15) is 72.1 Å². The zero-order valence-electron chi connectivity index (χ0n) is 16.4. The summed E-state index contributed by atoms with van der Waals surface area (Å²) in [5.41, 5.74) is 0.429. The Kier molecular flexibility index (Phi) is 9.79. The molecule has 144 valence electrons. The normalized spacial score (nSPS) is 15.6. The van der Waals surface area contributed by atoms with Crippen molar-refractivity contribution in [1.82, 2.24) is 4.90 Å². The molecule has 1 aliphatic rings. The molecule has 25 heavy (non-hydrogen) atoms. The second-order valence-corrected chi connectivity index (χ2v) is 7.84. The van der Waals surface area contributed by atoms with E-state index in [4.69, 9.17) is 9.47 Å². The predicted octanol–water partition coefficient (Wildman–Crippen LogP) is 3.86. The van der Waals surface area contributed by atoms with Gasteiger partial charge in [0, 0.05) is 25.1 Å². The van der Waals surface area contributed by atoms with E-state index < -0.39 is 5.60 Å². The molecule has 0 amide bonds. The number of rotatable bonds is 10. The number of hydrogen-bond donors (Lipinski definition) is 0. The van der Waals surface area contributed by atoms with Crippen molar-refractivity contribution in [2.24, 2.45) is 0 Å². The first kappa shape index (κ1) is 21.7. The molecule has 0 spiro atoms. The molecule has 0 aromatic heterocycles. The van der Waals surface area contributed by atoms with Gasteiger partial charge in [-0.2, -0.15) is 0 Å². The van der Waals surface area contributed by atoms with Gasteiger partial charge in [-0.05, 0) is 47.1 Å². The van der Waals surface area contributed by atoms with E-state index in [1.54, 1.807) is 0 Å². The number of nitrogens with zero attached hydrogens (tertiary/aromatic N) is 1. The molecule has 0 N–H and O–H groups in total. The SMILES string of the molecule is CN1CC=C(C(=O)OCCCCCCCCC(=O)OC(C)(C)C)CC1. The van der Waals surface area contributed by atoms with Gasteiger partial charge in [0.2, 0.25) is 0 Å². The Morgan fingerprint density at radius 2 is 1.72 bits per heavy atom. The van der Waals surface area contributed by atoms with E-state index in [0.29, 0.717) is 13.0 Å². The van der Waals surface area contributed by atoms with Crippen LogP contribution in [0.25, 0.3) is 0 Å². The lowest BCUT2D eigenvalue weighted by molar-refractivity contribution is -0.155. The molecule has 5 nitrogen and oxygen atoms in total. The number of esters is 2. The predicted molar refractivity (Wildman–Crippen MR) is 99.3 cm³/mol. The number of carbonyl (C=O) groups is 2. The van der Waals surface area contributed by atoms with Crippen LogP contribution >= 0.6 is 0 Å². The summed E-state index contributed by atoms with van der Waals surface area (Å²) in [5, 5.41) is 0. The Labute approximate surface area is 152 Å². The van der Waals surface area contributed by atoms with E-state index in [9.17, 15) is 9.59 Å². The Hall–Kier alpha value is -1.36. The number of ether oxygens (including phenoxy) is 2. The third-order valence-corrected chi connectivity index (χ3v) is 4.10. The van der Waals surface area contributed by atoms with Gasteiger partial charge >= 0.3 is 11.9 Å². The minimum atomic E-state index is -0.391. The largest absolute Gasteiger partial charge is 0.462 e. The first-order valence-corrected chi connectivity index (χ1v) is 9.54. The molecule has 0 aliphatic carbocycles. The minimum Gasteiger partial charge on any atom is -0.462 e. The summed E-state index contributed by atoms with van der Waals surface area (Å²) in [6.45, 7) is 7.92. The Balaban J connectivity index is 1.94. The fraction of sp³-hybridized carbons (Fsp3) is 0.800. The van der Waals surface area contributed by atoms with Crippen LogP contribution in [-0.4, -0.2) is 49.2 Å². The lowest BCUT2D eigenvalue weighted by Crippen LogP contribution is -2.26. The van der Waals surface area contributed by atoms with Gasteiger partial charge in [0.15, 0.2) is 0 Å². The van der Waals surface area contributed by atoms with Crippen molar-refractivity contribution in [1.29, 1.82) is 0 Å². The van der Waals surface area contributed by atoms with Gasteiger partial charge < -0.3 is 14.4 Å². The fourth-order valence-electron chi connectivity index (χ4n) is 2.68. The summed E-state index contributed by atoms with van der Waals surface area (Å²) in [6.07, 6.45) is 9.36. The van der Waals surface area contributed by atoms with Gasteiger partial charge in [0.1, 0.15) is 5.60 Å². The summed E-state index contributed by atoms with van der Waals surface area (Å²) < 4.78 is 10.6. The van der Waals surface area contributed by atoms with Gasteiger partial charge in [0.05, 0.1) is 6.61 Å². The van der Waals surface area contributed by atoms with Crippen molar-refractivity contribution < 1.29 is 19.1 Å². The molecule has 0 atom stereocenters. The topological polar surface area (TPSA) is 55.8 Å². The Morgan fingerprint density at radius 1 is 1.08 bits per heavy atom. The van der Waals surface area contributed by atoms with Crippen molar-refractivity contribution in [3.63, 3.8) is 0 Å². The number of likely N-dealkylation sites (N-methyl/N-ethyl adjacent to an activating group) is 1. The fourth-order valence-corrected chi connectivity index (χ4v) is 2.68. The molecule has 0 bridgehead atoms. The molecule has 0 aromatic carbocycles. The highest BCUT2D eigenvalue weighted by atomic mass is 16.6. The number of unbranched alkanes of at least 4 members (excludes halogenated alkanes) is 5. The van der Waals surface area contributed by atoms with Crippen LogP contribution < -0.4 is 0 Å². The van der Waals surface area contributed by atoms with E-state index in [1.165, 1.54) is 0 Å². The van der Waals surface area contributed by atoms with Crippen LogP contribution in [0.3, 0.4) is 0 Å². The highest BCUT2D eigenvalue weighted by Gasteiger charge is 2.16. The average Bonchev–Trinajstić information content (AvgIpc) is 2.52. The van der Waals surface area contributed by atoms with Crippen molar-refractivity contribution in [2.45, 2.75) is 77.7 Å². The molecule has 0 fully saturated rings. The first-order valence-electron chi connectivity index (χ1n) is 9.54. The van der Waals surface area contributed by atoms with Crippen molar-refractivity contribution >= 4 is 11.9 Å². The molecule has 0 radical (unpaired) electrons. The maximum atomic E-state index is 11.9. The molecule has 5 heteroatoms. The van der Waals surface area contributed by atoms with E-state index in [1.807, 2.05) is 33.9 Å². The summed E-state index contributed by atoms with van der Waals surface area (Å²) >= 11 is 0. The van der Waals surface area contributed by atoms with Crippen LogP contribution in [0.4, 0.5) is 0 Å². The van der Waals surface area contributed by atoms with Gasteiger partial charge in [-0.3, -0.25) is 4.79 Å². The third-order valence-electron chi connectivity index (χ3n) is 4.10. The van der Waals surface area contributed by atoms with E-state index in [2.05, 4.69) is 4.90 Å². The van der Waals surface area contributed by atoms with Crippen molar-refractivity contribution in [3.8, 4) is 0 Å². The van der Waals surface area contributed by atoms with Crippen molar-refractivity contribution in [3.05, 3.63) is 11.6 Å². The summed E-state index contributed by atoms with van der Waals surface area (Å²) in [4.78, 5) is 25.6. The minimum absolute atomic E-state index is 0.109. The second kappa shape index (κ2) is 11.3. The smallest absolute Gasteiger partial charge is 0.333 e. The van der Waals surface area contributed by atoms with E-state index in [0.717, 1.165) is 63.6 Å². The van der Waals surface area contributed by atoms with E-state index in [-0.39, 0.29) is 11.9 Å². The van der Waals surface area contributed by atoms with Gasteiger partial charge in [-0.15, -0.1) is 0 Å². The van der Waals surface area contributed by atoms with E-state index >= 15 is 0 Å². The average molecular weight is 354 g/mol. The molecule has 0 unspecified atom stereocenters. The molecule has 0 saturated carbocycles. The summed E-state index contributed by atoms with van der Waals surface area (Å²) in [6, 6.07) is 0. The quantitative estimate of drug-likeness (QED) is 0.441. The zero-order chi connectivity index (χ0) is 18.7. The van der Waals surface area contributed by atoms with Gasteiger partial charge in [-0.25, -0.2) is 4.79 Å². The third kappa shape index (κ3) is 11.0. The highest BCUT2D eigenvalue weighted by Crippen LogP contribution is 2.13. The molecular weight excluding hydrogens is 318 g/mol. The monoisotopic (exact) mass is 353 g/mol. The highest BCUT2D eigenvalue weighted by molar-refractivity contribution is 5.88. The summed E-state index contributed by atoms with van der Waals surface area (Å²) in [5.74, 6) is -0.256. The van der Waals surface area contributed by atoms with Crippen LogP contribution in [0.15, 0.2) is 11.6 Å². The van der Waals surface area contributed by atoms with Crippen LogP contribution in [0.5, 0.6) is 0 Å². The Morgan fingerprint density at radius 3 is 2.32 bits per heavy atom. The molecule has 1 rings (SSSR count). The molecule has 1 heterocycles. The standard InChI is InChI=1S/C20H35NO4/c1-20(2,3)25-18(22)11-9-7-5-6-8-10-16-24-19(23)17-12-14-21(4)15-13-17/h12H,5-11,13-16H2,1-4H3. The van der Waals surface area contributed by atoms with Crippen molar-refractivity contribution in [2.75, 3.05) is 26.7 Å². The molecular formula is C20H35NO4. The number of carbonyl (C=O) groups excluding carboxylic acids is 2.